The minimum Gasteiger partial charge on any atom is -0.475 e. The summed E-state index contributed by atoms with van der Waals surface area (Å²) in [6.07, 6.45) is -7.66. The van der Waals surface area contributed by atoms with Gasteiger partial charge in [-0.3, -0.25) is 9.63 Å². The summed E-state index contributed by atoms with van der Waals surface area (Å²) in [4.78, 5) is 24.2. The van der Waals surface area contributed by atoms with E-state index in [2.05, 4.69) is 4.84 Å². The van der Waals surface area contributed by atoms with Gasteiger partial charge in [-0.15, -0.1) is 0 Å². The maximum absolute atomic E-state index is 11.7. The Labute approximate surface area is 97.0 Å². The SMILES string of the molecule is N[C@@H]1CON(CC(F)F)C1=O.O=C(O)C(F)(F)F. The number of nitrogens with two attached hydrogens (primary N) is 1. The fraction of sp³-hybridized carbons (Fsp3) is 0.714. The molecule has 0 aromatic heterocycles. The van der Waals surface area contributed by atoms with Gasteiger partial charge in [0.2, 0.25) is 0 Å². The van der Waals surface area contributed by atoms with E-state index in [-0.39, 0.29) is 6.61 Å². The van der Waals surface area contributed by atoms with Crippen LogP contribution in [0.4, 0.5) is 22.0 Å². The number of hydrogen-bond donors (Lipinski definition) is 2. The number of nitrogens with zero attached hydrogens (tertiary/aromatic N) is 1. The fourth-order valence-electron chi connectivity index (χ4n) is 0.758. The highest BCUT2D eigenvalue weighted by atomic mass is 19.4. The molecule has 0 aromatic rings. The van der Waals surface area contributed by atoms with E-state index in [1.165, 1.54) is 0 Å². The third-order valence-electron chi connectivity index (χ3n) is 1.52. The number of carbonyl (C=O) groups is 2. The molecule has 0 spiro atoms. The van der Waals surface area contributed by atoms with Crippen molar-refractivity contribution < 1.29 is 41.5 Å². The normalized spacial score (nSPS) is 19.8. The predicted octanol–water partition coefficient (Wildman–Crippen LogP) is -0.0141. The lowest BCUT2D eigenvalue weighted by atomic mass is 10.3. The molecule has 0 radical (unpaired) electrons. The summed E-state index contributed by atoms with van der Waals surface area (Å²) in [5, 5.41) is 7.73. The molecule has 1 saturated heterocycles. The van der Waals surface area contributed by atoms with Gasteiger partial charge in [-0.1, -0.05) is 0 Å². The molecular weight excluding hydrogens is 271 g/mol. The van der Waals surface area contributed by atoms with Gasteiger partial charge in [-0.25, -0.2) is 18.6 Å². The van der Waals surface area contributed by atoms with E-state index in [9.17, 15) is 26.7 Å². The monoisotopic (exact) mass is 280 g/mol. The molecule has 18 heavy (non-hydrogen) atoms. The second-order valence-corrected chi connectivity index (χ2v) is 3.00. The first-order valence-electron chi connectivity index (χ1n) is 4.33. The Morgan fingerprint density at radius 3 is 2.22 bits per heavy atom. The molecule has 1 atom stereocenters. The molecule has 6 nitrogen and oxygen atoms in total. The Kier molecular flexibility index (Phi) is 5.91. The van der Waals surface area contributed by atoms with Crippen LogP contribution in [0.15, 0.2) is 0 Å². The van der Waals surface area contributed by atoms with Gasteiger partial charge in [0.25, 0.3) is 12.3 Å². The minimum atomic E-state index is -5.08. The van der Waals surface area contributed by atoms with Crippen LogP contribution in [0, 0.1) is 0 Å². The van der Waals surface area contributed by atoms with Crippen LogP contribution in [0.3, 0.4) is 0 Å². The standard InChI is InChI=1S/C5H8F2N2O2.C2HF3O2/c6-4(7)1-9-5(10)3(8)2-11-9;3-2(4,5)1(6)7/h3-4H,1-2,8H2;(H,6,7)/t3-;/m1./s1. The Hall–Kier alpha value is -1.49. The summed E-state index contributed by atoms with van der Waals surface area (Å²) in [7, 11) is 0. The van der Waals surface area contributed by atoms with Gasteiger partial charge in [0.1, 0.15) is 12.6 Å². The Balaban J connectivity index is 0.000000360. The molecular formula is C7H9F5N2O4. The zero-order chi connectivity index (χ0) is 14.5. The Morgan fingerprint density at radius 1 is 1.56 bits per heavy atom. The van der Waals surface area contributed by atoms with Crippen LogP contribution in [-0.4, -0.2) is 53.8 Å². The van der Waals surface area contributed by atoms with Crippen molar-refractivity contribution in [2.45, 2.75) is 18.6 Å². The first-order chi connectivity index (χ1) is 8.05. The van der Waals surface area contributed by atoms with Gasteiger partial charge in [-0.2, -0.15) is 13.2 Å². The maximum atomic E-state index is 11.7. The molecule has 106 valence electrons. The first-order valence-corrected chi connectivity index (χ1v) is 4.33. The molecule has 0 saturated carbocycles. The zero-order valence-electron chi connectivity index (χ0n) is 8.66. The molecule has 0 bridgehead atoms. The number of carboxylic acid groups (broad SMARTS) is 1. The largest absolute Gasteiger partial charge is 0.490 e. The average Bonchev–Trinajstić information content (AvgIpc) is 2.48. The van der Waals surface area contributed by atoms with Crippen LogP contribution < -0.4 is 5.73 Å². The van der Waals surface area contributed by atoms with Crippen LogP contribution in [0.25, 0.3) is 0 Å². The van der Waals surface area contributed by atoms with Gasteiger partial charge >= 0.3 is 12.1 Å². The lowest BCUT2D eigenvalue weighted by Crippen LogP contribution is -2.36. The van der Waals surface area contributed by atoms with E-state index in [4.69, 9.17) is 15.6 Å². The molecule has 0 unspecified atom stereocenters. The number of amides is 1. The van der Waals surface area contributed by atoms with Crippen molar-refractivity contribution >= 4 is 11.9 Å². The molecule has 1 fully saturated rings. The fourth-order valence-corrected chi connectivity index (χ4v) is 0.758. The molecule has 1 aliphatic heterocycles. The van der Waals surface area contributed by atoms with Gasteiger partial charge in [0.15, 0.2) is 0 Å². The van der Waals surface area contributed by atoms with Gasteiger partial charge in [0, 0.05) is 0 Å². The summed E-state index contributed by atoms with van der Waals surface area (Å²) in [6, 6.07) is -0.784. The molecule has 1 heterocycles. The third-order valence-corrected chi connectivity index (χ3v) is 1.52. The van der Waals surface area contributed by atoms with E-state index in [1.54, 1.807) is 0 Å². The summed E-state index contributed by atoms with van der Waals surface area (Å²) in [6.45, 7) is -0.710. The number of hydrogen-bond acceptors (Lipinski definition) is 4. The van der Waals surface area contributed by atoms with Crippen LogP contribution >= 0.6 is 0 Å². The highest BCUT2D eigenvalue weighted by Crippen LogP contribution is 2.13. The number of rotatable bonds is 2. The number of halogens is 5. The van der Waals surface area contributed by atoms with Crippen LogP contribution in [0.1, 0.15) is 0 Å². The maximum Gasteiger partial charge on any atom is 0.490 e. The van der Waals surface area contributed by atoms with E-state index < -0.39 is 37.1 Å². The van der Waals surface area contributed by atoms with E-state index in [0.29, 0.717) is 5.06 Å². The number of alkyl halides is 5. The van der Waals surface area contributed by atoms with Crippen molar-refractivity contribution in [3.63, 3.8) is 0 Å². The molecule has 0 aromatic carbocycles. The highest BCUT2D eigenvalue weighted by Gasteiger charge is 2.38. The first kappa shape index (κ1) is 16.5. The number of carboxylic acids is 1. The molecule has 1 amide bonds. The average molecular weight is 280 g/mol. The summed E-state index contributed by atoms with van der Waals surface area (Å²) >= 11 is 0. The highest BCUT2D eigenvalue weighted by molar-refractivity contribution is 5.82. The lowest BCUT2D eigenvalue weighted by Gasteiger charge is -2.12. The Morgan fingerprint density at radius 2 is 2.00 bits per heavy atom. The van der Waals surface area contributed by atoms with Crippen molar-refractivity contribution in [3.05, 3.63) is 0 Å². The Bertz CT molecular complexity index is 309. The lowest BCUT2D eigenvalue weighted by molar-refractivity contribution is -0.192. The number of carbonyl (C=O) groups excluding carboxylic acids is 1. The predicted molar refractivity (Wildman–Crippen MR) is 45.3 cm³/mol. The second kappa shape index (κ2) is 6.44. The zero-order valence-corrected chi connectivity index (χ0v) is 8.66. The van der Waals surface area contributed by atoms with Crippen LogP contribution in [0.5, 0.6) is 0 Å². The third kappa shape index (κ3) is 5.72. The topological polar surface area (TPSA) is 92.9 Å². The van der Waals surface area contributed by atoms with E-state index in [1.807, 2.05) is 0 Å². The van der Waals surface area contributed by atoms with Crippen molar-refractivity contribution in [1.82, 2.24) is 5.06 Å². The molecule has 1 rings (SSSR count). The number of hydroxylamine groups is 2. The van der Waals surface area contributed by atoms with E-state index >= 15 is 0 Å². The van der Waals surface area contributed by atoms with Crippen molar-refractivity contribution in [2.24, 2.45) is 5.73 Å². The smallest absolute Gasteiger partial charge is 0.475 e. The quantitative estimate of drug-likeness (QED) is 0.694. The van der Waals surface area contributed by atoms with Gasteiger partial charge in [0.05, 0.1) is 6.61 Å². The van der Waals surface area contributed by atoms with Crippen molar-refractivity contribution in [1.29, 1.82) is 0 Å². The number of aliphatic carboxylic acids is 1. The summed E-state index contributed by atoms with van der Waals surface area (Å²) in [5.74, 6) is -3.34. The minimum absolute atomic E-state index is 0.00838. The van der Waals surface area contributed by atoms with Crippen LogP contribution in [-0.2, 0) is 14.4 Å². The van der Waals surface area contributed by atoms with Crippen molar-refractivity contribution in [2.75, 3.05) is 13.2 Å². The summed E-state index contributed by atoms with van der Waals surface area (Å²) in [5.41, 5.74) is 5.18. The van der Waals surface area contributed by atoms with Crippen LogP contribution in [0.2, 0.25) is 0 Å². The van der Waals surface area contributed by atoms with Crippen molar-refractivity contribution in [3.8, 4) is 0 Å². The van der Waals surface area contributed by atoms with Gasteiger partial charge in [-0.05, 0) is 0 Å². The molecule has 11 heteroatoms. The molecule has 3 N–H and O–H groups in total. The molecule has 0 aliphatic carbocycles. The molecule has 1 aliphatic rings. The summed E-state index contributed by atoms with van der Waals surface area (Å²) < 4.78 is 55.1. The van der Waals surface area contributed by atoms with Gasteiger partial charge < -0.3 is 10.8 Å². The van der Waals surface area contributed by atoms with E-state index in [0.717, 1.165) is 0 Å². The second-order valence-electron chi connectivity index (χ2n) is 3.00.